The first-order valence-electron chi connectivity index (χ1n) is 7.52. The van der Waals surface area contributed by atoms with Gasteiger partial charge < -0.3 is 0 Å². The van der Waals surface area contributed by atoms with Crippen molar-refractivity contribution in [2.45, 2.75) is 84.0 Å². The highest BCUT2D eigenvalue weighted by atomic mass is 16.1. The maximum atomic E-state index is 11.8. The summed E-state index contributed by atoms with van der Waals surface area (Å²) in [5, 5.41) is 0. The van der Waals surface area contributed by atoms with Crippen LogP contribution >= 0.6 is 0 Å². The molecule has 0 aliphatic heterocycles. The van der Waals surface area contributed by atoms with Gasteiger partial charge in [0.15, 0.2) is 0 Å². The Balaban J connectivity index is 1.99. The summed E-state index contributed by atoms with van der Waals surface area (Å²) in [6.07, 6.45) is 16.5. The predicted molar refractivity (Wildman–Crippen MR) is 74.2 cm³/mol. The molecule has 1 nitrogen and oxygen atoms in total. The number of Topliss-reactive ketones (excluding diaryl/α,β-unsaturated/α-hetero) is 1. The van der Waals surface area contributed by atoms with Crippen LogP contribution in [0.5, 0.6) is 0 Å². The molecule has 1 heteroatoms. The largest absolute Gasteiger partial charge is 0.299 e. The van der Waals surface area contributed by atoms with Gasteiger partial charge in [0.25, 0.3) is 0 Å². The van der Waals surface area contributed by atoms with Crippen molar-refractivity contribution in [3.8, 4) is 0 Å². The molecule has 0 spiro atoms. The van der Waals surface area contributed by atoms with Crippen LogP contribution in [0, 0.1) is 0 Å². The summed E-state index contributed by atoms with van der Waals surface area (Å²) in [5.41, 5.74) is 1.41. The Kier molecular flexibility index (Phi) is 8.04. The first-order valence-corrected chi connectivity index (χ1v) is 7.52. The second-order valence-electron chi connectivity index (χ2n) is 5.34. The molecule has 0 N–H and O–H groups in total. The van der Waals surface area contributed by atoms with E-state index in [1.807, 2.05) is 0 Å². The van der Waals surface area contributed by atoms with Gasteiger partial charge in [0, 0.05) is 12.8 Å². The molecule has 0 aromatic rings. The van der Waals surface area contributed by atoms with E-state index in [1.54, 1.807) is 0 Å². The molecule has 0 aromatic carbocycles. The Bertz CT molecular complexity index is 240. The zero-order valence-electron chi connectivity index (χ0n) is 11.5. The molecule has 0 amide bonds. The molecule has 0 fully saturated rings. The van der Waals surface area contributed by atoms with Crippen LogP contribution in [0.15, 0.2) is 11.6 Å². The minimum absolute atomic E-state index is 0.466. The first-order chi connectivity index (χ1) is 8.33. The van der Waals surface area contributed by atoms with Gasteiger partial charge in [-0.15, -0.1) is 0 Å². The summed E-state index contributed by atoms with van der Waals surface area (Å²) in [5.74, 6) is 0.466. The van der Waals surface area contributed by atoms with Gasteiger partial charge in [0.1, 0.15) is 5.78 Å². The van der Waals surface area contributed by atoms with E-state index in [2.05, 4.69) is 13.0 Å². The van der Waals surface area contributed by atoms with E-state index in [0.29, 0.717) is 5.78 Å². The number of carbonyl (C=O) groups is 1. The van der Waals surface area contributed by atoms with Crippen LogP contribution in [0.4, 0.5) is 0 Å². The molecule has 0 saturated carbocycles. The van der Waals surface area contributed by atoms with Crippen LogP contribution in [-0.2, 0) is 4.79 Å². The number of hydrogen-bond acceptors (Lipinski definition) is 1. The van der Waals surface area contributed by atoms with Crippen molar-refractivity contribution < 1.29 is 4.79 Å². The Morgan fingerprint density at radius 3 is 2.59 bits per heavy atom. The summed E-state index contributed by atoms with van der Waals surface area (Å²) >= 11 is 0. The molecule has 0 heterocycles. The van der Waals surface area contributed by atoms with Gasteiger partial charge in [-0.1, -0.05) is 50.7 Å². The second kappa shape index (κ2) is 9.44. The fourth-order valence-corrected chi connectivity index (χ4v) is 2.51. The van der Waals surface area contributed by atoms with Crippen molar-refractivity contribution in [2.75, 3.05) is 0 Å². The van der Waals surface area contributed by atoms with Crippen molar-refractivity contribution in [2.24, 2.45) is 0 Å². The average Bonchev–Trinajstić information content (AvgIpc) is 2.35. The highest BCUT2D eigenvalue weighted by molar-refractivity contribution is 5.80. The number of hydrogen-bond donors (Lipinski definition) is 0. The molecule has 0 saturated heterocycles. The zero-order chi connectivity index (χ0) is 12.3. The monoisotopic (exact) mass is 236 g/mol. The predicted octanol–water partition coefficient (Wildman–Crippen LogP) is 5.20. The van der Waals surface area contributed by atoms with Gasteiger partial charge in [0.05, 0.1) is 0 Å². The summed E-state index contributed by atoms with van der Waals surface area (Å²) < 4.78 is 0. The van der Waals surface area contributed by atoms with Gasteiger partial charge >= 0.3 is 0 Å². The van der Waals surface area contributed by atoms with Gasteiger partial charge in [-0.3, -0.25) is 4.79 Å². The first kappa shape index (κ1) is 14.5. The van der Waals surface area contributed by atoms with Crippen molar-refractivity contribution in [1.29, 1.82) is 0 Å². The lowest BCUT2D eigenvalue weighted by Crippen LogP contribution is -2.02. The molecule has 0 radical (unpaired) electrons. The van der Waals surface area contributed by atoms with Gasteiger partial charge in [-0.05, 0) is 32.1 Å². The van der Waals surface area contributed by atoms with E-state index in [0.717, 1.165) is 19.3 Å². The third-order valence-corrected chi connectivity index (χ3v) is 3.62. The summed E-state index contributed by atoms with van der Waals surface area (Å²) in [6, 6.07) is 0. The Labute approximate surface area is 107 Å². The summed E-state index contributed by atoms with van der Waals surface area (Å²) in [7, 11) is 0. The molecular formula is C16H28O. The van der Waals surface area contributed by atoms with E-state index >= 15 is 0 Å². The lowest BCUT2D eigenvalue weighted by Gasteiger charge is -2.11. The molecule has 17 heavy (non-hydrogen) atoms. The number of carbonyl (C=O) groups excluding carboxylic acids is 1. The third kappa shape index (κ3) is 7.36. The second-order valence-corrected chi connectivity index (χ2v) is 5.34. The summed E-state index contributed by atoms with van der Waals surface area (Å²) in [6.45, 7) is 2.24. The van der Waals surface area contributed by atoms with Crippen LogP contribution in [0.1, 0.15) is 84.0 Å². The van der Waals surface area contributed by atoms with Crippen molar-refractivity contribution in [1.82, 2.24) is 0 Å². The molecule has 0 bridgehead atoms. The maximum absolute atomic E-state index is 11.8. The molecule has 0 aromatic heterocycles. The highest BCUT2D eigenvalue weighted by Crippen LogP contribution is 2.21. The molecule has 98 valence electrons. The fraction of sp³-hybridized carbons (Fsp3) is 0.812. The van der Waals surface area contributed by atoms with Crippen LogP contribution in [0.3, 0.4) is 0 Å². The summed E-state index contributed by atoms with van der Waals surface area (Å²) in [4.78, 5) is 11.8. The smallest absolute Gasteiger partial charge is 0.136 e. The number of allylic oxidation sites excluding steroid dienone is 2. The Morgan fingerprint density at radius 2 is 1.88 bits per heavy atom. The van der Waals surface area contributed by atoms with Crippen LogP contribution < -0.4 is 0 Å². The highest BCUT2D eigenvalue weighted by Gasteiger charge is 2.08. The minimum Gasteiger partial charge on any atom is -0.299 e. The maximum Gasteiger partial charge on any atom is 0.136 e. The standard InChI is InChI=1S/C16H28O/c1-2-3-4-5-6-10-13-16(17)14-15-11-8-7-9-12-15/h11H,2-10,12-14H2,1H3. The van der Waals surface area contributed by atoms with Crippen molar-refractivity contribution >= 4 is 5.78 Å². The third-order valence-electron chi connectivity index (χ3n) is 3.62. The molecule has 1 aliphatic carbocycles. The number of unbranched alkanes of at least 4 members (excludes halogenated alkanes) is 5. The van der Waals surface area contributed by atoms with E-state index in [-0.39, 0.29) is 0 Å². The van der Waals surface area contributed by atoms with Crippen LogP contribution in [-0.4, -0.2) is 5.78 Å². The quantitative estimate of drug-likeness (QED) is 0.397. The van der Waals surface area contributed by atoms with Gasteiger partial charge in [-0.25, -0.2) is 0 Å². The lowest BCUT2D eigenvalue weighted by molar-refractivity contribution is -0.118. The average molecular weight is 236 g/mol. The van der Waals surface area contributed by atoms with Crippen LogP contribution in [0.25, 0.3) is 0 Å². The number of ketones is 1. The Hall–Kier alpha value is -0.590. The van der Waals surface area contributed by atoms with E-state index < -0.39 is 0 Å². The SMILES string of the molecule is CCCCCCCCC(=O)CC1=CCCCC1. The van der Waals surface area contributed by atoms with Crippen molar-refractivity contribution in [3.05, 3.63) is 11.6 Å². The fourth-order valence-electron chi connectivity index (χ4n) is 2.51. The minimum atomic E-state index is 0.466. The van der Waals surface area contributed by atoms with E-state index in [4.69, 9.17) is 0 Å². The number of rotatable bonds is 9. The van der Waals surface area contributed by atoms with Gasteiger partial charge in [0.2, 0.25) is 0 Å². The van der Waals surface area contributed by atoms with Crippen LogP contribution in [0.2, 0.25) is 0 Å². The van der Waals surface area contributed by atoms with Crippen molar-refractivity contribution in [3.63, 3.8) is 0 Å². The molecular weight excluding hydrogens is 208 g/mol. The molecule has 0 atom stereocenters. The zero-order valence-corrected chi connectivity index (χ0v) is 11.5. The molecule has 0 unspecified atom stereocenters. The van der Waals surface area contributed by atoms with E-state index in [9.17, 15) is 4.79 Å². The lowest BCUT2D eigenvalue weighted by atomic mass is 9.94. The normalized spacial score (nSPS) is 15.7. The molecule has 1 rings (SSSR count). The Morgan fingerprint density at radius 1 is 1.12 bits per heavy atom. The molecule has 1 aliphatic rings. The van der Waals surface area contributed by atoms with Gasteiger partial charge in [-0.2, -0.15) is 0 Å². The van der Waals surface area contributed by atoms with E-state index in [1.165, 1.54) is 63.4 Å². The topological polar surface area (TPSA) is 17.1 Å².